The molecule has 1 N–H and O–H groups in total. The number of hydrogen-bond acceptors (Lipinski definition) is 6. The Morgan fingerprint density at radius 1 is 1.38 bits per heavy atom. The van der Waals surface area contributed by atoms with Gasteiger partial charge in [0.05, 0.1) is 12.2 Å². The number of nitrogens with one attached hydrogen (secondary N) is 1. The summed E-state index contributed by atoms with van der Waals surface area (Å²) >= 11 is 5.98. The molecular formula is C16H18ClN5O2. The third-order valence-electron chi connectivity index (χ3n) is 3.85. The summed E-state index contributed by atoms with van der Waals surface area (Å²) in [6.07, 6.45) is 1.79. The maximum Gasteiger partial charge on any atom is 0.338 e. The monoisotopic (exact) mass is 347 g/mol. The van der Waals surface area contributed by atoms with E-state index in [0.717, 1.165) is 18.4 Å². The van der Waals surface area contributed by atoms with Crippen LogP contribution in [0.5, 0.6) is 0 Å². The number of hydrogen-bond donors (Lipinski definition) is 1. The summed E-state index contributed by atoms with van der Waals surface area (Å²) in [6.45, 7) is 4.25. The number of halogens is 1. The van der Waals surface area contributed by atoms with Crippen LogP contribution in [-0.2, 0) is 9.53 Å². The second-order valence-electron chi connectivity index (χ2n) is 5.55. The Bertz CT molecular complexity index is 769. The van der Waals surface area contributed by atoms with Crippen LogP contribution in [0.1, 0.15) is 38.3 Å². The van der Waals surface area contributed by atoms with Crippen LogP contribution in [-0.4, -0.2) is 32.8 Å². The molecule has 7 nitrogen and oxygen atoms in total. The van der Waals surface area contributed by atoms with Crippen molar-refractivity contribution in [1.82, 2.24) is 20.2 Å². The van der Waals surface area contributed by atoms with Gasteiger partial charge in [-0.15, -0.1) is 0 Å². The number of fused-ring (bicyclic) bond motifs is 1. The van der Waals surface area contributed by atoms with Gasteiger partial charge in [-0.1, -0.05) is 42.2 Å². The molecule has 126 valence electrons. The van der Waals surface area contributed by atoms with Gasteiger partial charge in [0, 0.05) is 10.7 Å². The van der Waals surface area contributed by atoms with Crippen molar-refractivity contribution in [1.29, 1.82) is 0 Å². The maximum atomic E-state index is 12.6. The number of tetrazole rings is 1. The van der Waals surface area contributed by atoms with E-state index in [4.69, 9.17) is 16.3 Å². The van der Waals surface area contributed by atoms with Gasteiger partial charge in [0.25, 0.3) is 0 Å². The van der Waals surface area contributed by atoms with E-state index in [-0.39, 0.29) is 5.97 Å². The van der Waals surface area contributed by atoms with E-state index < -0.39 is 6.04 Å². The number of anilines is 1. The first-order chi connectivity index (χ1) is 11.6. The molecule has 0 fully saturated rings. The highest BCUT2D eigenvalue weighted by Gasteiger charge is 2.34. The normalized spacial score (nSPS) is 16.5. The van der Waals surface area contributed by atoms with E-state index in [1.807, 2.05) is 26.0 Å². The molecule has 1 aliphatic rings. The number of ether oxygens (including phenoxy) is 1. The lowest BCUT2D eigenvalue weighted by molar-refractivity contribution is -0.139. The highest BCUT2D eigenvalue weighted by Crippen LogP contribution is 2.35. The van der Waals surface area contributed by atoms with Crippen LogP contribution in [0.15, 0.2) is 35.5 Å². The molecule has 24 heavy (non-hydrogen) atoms. The number of rotatable bonds is 5. The van der Waals surface area contributed by atoms with Crippen molar-refractivity contribution >= 4 is 23.5 Å². The highest BCUT2D eigenvalue weighted by molar-refractivity contribution is 6.30. The van der Waals surface area contributed by atoms with E-state index in [1.165, 1.54) is 0 Å². The Balaban J connectivity index is 2.00. The predicted molar refractivity (Wildman–Crippen MR) is 89.6 cm³/mol. The molecule has 2 aromatic rings. The Kier molecular flexibility index (Phi) is 4.80. The molecule has 0 spiro atoms. The molecule has 2 heterocycles. The molecule has 0 bridgehead atoms. The van der Waals surface area contributed by atoms with Crippen molar-refractivity contribution in [2.24, 2.45) is 0 Å². The summed E-state index contributed by atoms with van der Waals surface area (Å²) in [5, 5.41) is 15.3. The molecule has 0 saturated heterocycles. The Hall–Kier alpha value is -2.41. The number of carbonyl (C=O) groups excluding carboxylic acids is 1. The van der Waals surface area contributed by atoms with Crippen LogP contribution in [0.2, 0.25) is 5.02 Å². The first-order valence-corrected chi connectivity index (χ1v) is 8.18. The number of benzene rings is 1. The minimum absolute atomic E-state index is 0.366. The lowest BCUT2D eigenvalue weighted by Crippen LogP contribution is -2.29. The van der Waals surface area contributed by atoms with Gasteiger partial charge < -0.3 is 10.1 Å². The lowest BCUT2D eigenvalue weighted by Gasteiger charge is -2.27. The average molecular weight is 348 g/mol. The lowest BCUT2D eigenvalue weighted by atomic mass is 9.96. The Labute approximate surface area is 144 Å². The topological polar surface area (TPSA) is 81.9 Å². The van der Waals surface area contributed by atoms with E-state index in [0.29, 0.717) is 28.8 Å². The van der Waals surface area contributed by atoms with Crippen LogP contribution in [0.25, 0.3) is 0 Å². The third-order valence-corrected chi connectivity index (χ3v) is 4.10. The molecule has 1 aromatic heterocycles. The third kappa shape index (κ3) is 3.12. The van der Waals surface area contributed by atoms with Crippen molar-refractivity contribution in [2.75, 3.05) is 11.9 Å². The van der Waals surface area contributed by atoms with Crippen molar-refractivity contribution in [3.05, 3.63) is 46.1 Å². The quantitative estimate of drug-likeness (QED) is 0.661. The summed E-state index contributed by atoms with van der Waals surface area (Å²) in [7, 11) is 0. The van der Waals surface area contributed by atoms with E-state index in [2.05, 4.69) is 20.8 Å². The van der Waals surface area contributed by atoms with E-state index in [9.17, 15) is 4.79 Å². The van der Waals surface area contributed by atoms with E-state index in [1.54, 1.807) is 16.8 Å². The largest absolute Gasteiger partial charge is 0.462 e. The van der Waals surface area contributed by atoms with Gasteiger partial charge in [-0.25, -0.2) is 4.79 Å². The smallest absolute Gasteiger partial charge is 0.338 e. The summed E-state index contributed by atoms with van der Waals surface area (Å²) < 4.78 is 6.99. The Morgan fingerprint density at radius 2 is 2.12 bits per heavy atom. The number of nitrogens with zero attached hydrogens (tertiary/aromatic N) is 4. The van der Waals surface area contributed by atoms with E-state index >= 15 is 0 Å². The van der Waals surface area contributed by atoms with Gasteiger partial charge in [-0.2, -0.15) is 4.68 Å². The predicted octanol–water partition coefficient (Wildman–Crippen LogP) is 2.96. The average Bonchev–Trinajstić information content (AvgIpc) is 3.02. The molecule has 0 amide bonds. The SMILES string of the molecule is CCCCOC(=O)C1=C(C)Nc2nnnn2[C@H]1c1ccc(Cl)cc1. The maximum absolute atomic E-state index is 12.6. The molecule has 3 rings (SSSR count). The first kappa shape index (κ1) is 16.4. The molecule has 8 heteroatoms. The van der Waals surface area contributed by atoms with Gasteiger partial charge in [-0.3, -0.25) is 0 Å². The number of carbonyl (C=O) groups is 1. The fraction of sp³-hybridized carbons (Fsp3) is 0.375. The van der Waals surface area contributed by atoms with Crippen LogP contribution in [0, 0.1) is 0 Å². The van der Waals surface area contributed by atoms with Crippen molar-refractivity contribution < 1.29 is 9.53 Å². The minimum Gasteiger partial charge on any atom is -0.462 e. The molecule has 1 aromatic carbocycles. The zero-order valence-corrected chi connectivity index (χ0v) is 14.2. The number of unbranched alkanes of at least 4 members (excludes halogenated alkanes) is 1. The standard InChI is InChI=1S/C16H18ClN5O2/c1-3-4-9-24-15(23)13-10(2)18-16-19-20-21-22(16)14(13)11-5-7-12(17)8-6-11/h5-8,14H,3-4,9H2,1-2H3,(H,18,19,21)/t14-/m0/s1. The fourth-order valence-corrected chi connectivity index (χ4v) is 2.74. The van der Waals surface area contributed by atoms with Crippen molar-refractivity contribution in [3.63, 3.8) is 0 Å². The molecule has 1 atom stereocenters. The first-order valence-electron chi connectivity index (χ1n) is 7.80. The second-order valence-corrected chi connectivity index (χ2v) is 5.99. The van der Waals surface area contributed by atoms with Crippen LogP contribution in [0.3, 0.4) is 0 Å². The van der Waals surface area contributed by atoms with Gasteiger partial charge in [0.1, 0.15) is 6.04 Å². The van der Waals surface area contributed by atoms with Crippen molar-refractivity contribution in [3.8, 4) is 0 Å². The zero-order chi connectivity index (χ0) is 17.1. The van der Waals surface area contributed by atoms with Gasteiger partial charge in [0.2, 0.25) is 5.95 Å². The van der Waals surface area contributed by atoms with Crippen LogP contribution >= 0.6 is 11.6 Å². The molecule has 0 radical (unpaired) electrons. The molecule has 0 aliphatic carbocycles. The number of esters is 1. The molecular weight excluding hydrogens is 330 g/mol. The Morgan fingerprint density at radius 3 is 2.83 bits per heavy atom. The molecule has 0 saturated carbocycles. The summed E-state index contributed by atoms with van der Waals surface area (Å²) in [5.74, 6) is 0.118. The summed E-state index contributed by atoms with van der Waals surface area (Å²) in [4.78, 5) is 12.6. The zero-order valence-electron chi connectivity index (χ0n) is 13.5. The molecule has 1 aliphatic heterocycles. The minimum atomic E-state index is -0.456. The number of allylic oxidation sites excluding steroid dienone is 1. The second kappa shape index (κ2) is 7.00. The fourth-order valence-electron chi connectivity index (χ4n) is 2.62. The van der Waals surface area contributed by atoms with Crippen molar-refractivity contribution in [2.45, 2.75) is 32.7 Å². The van der Waals surface area contributed by atoms with Gasteiger partial charge >= 0.3 is 5.97 Å². The highest BCUT2D eigenvalue weighted by atomic mass is 35.5. The summed E-state index contributed by atoms with van der Waals surface area (Å²) in [5.41, 5.74) is 2.03. The number of aromatic nitrogens is 4. The van der Waals surface area contributed by atoms with Gasteiger partial charge in [0.15, 0.2) is 0 Å². The van der Waals surface area contributed by atoms with Crippen LogP contribution in [0.4, 0.5) is 5.95 Å². The summed E-state index contributed by atoms with van der Waals surface area (Å²) in [6, 6.07) is 6.81. The van der Waals surface area contributed by atoms with Crippen LogP contribution < -0.4 is 5.32 Å². The van der Waals surface area contributed by atoms with Gasteiger partial charge in [-0.05, 0) is 41.5 Å². The molecule has 0 unspecified atom stereocenters.